The molecule has 2 saturated heterocycles. The monoisotopic (exact) mass is 858 g/mol. The van der Waals surface area contributed by atoms with Gasteiger partial charge in [-0.2, -0.15) is 0 Å². The van der Waals surface area contributed by atoms with Crippen molar-refractivity contribution in [3.8, 4) is 11.5 Å². The number of fused-ring (bicyclic) bond motifs is 2. The summed E-state index contributed by atoms with van der Waals surface area (Å²) in [6.07, 6.45) is 11.0. The predicted molar refractivity (Wildman–Crippen MR) is 220 cm³/mol. The molecule has 61 heavy (non-hydrogen) atoms. The van der Waals surface area contributed by atoms with E-state index in [1.165, 1.54) is 24.3 Å². The molecule has 338 valence electrons. The van der Waals surface area contributed by atoms with E-state index < -0.39 is 97.9 Å². The van der Waals surface area contributed by atoms with E-state index in [1.54, 1.807) is 24.3 Å². The molecule has 11 unspecified atom stereocenters. The second-order valence-corrected chi connectivity index (χ2v) is 15.1. The van der Waals surface area contributed by atoms with Crippen molar-refractivity contribution in [2.24, 2.45) is 0 Å². The highest BCUT2D eigenvalue weighted by Gasteiger charge is 2.63. The van der Waals surface area contributed by atoms with E-state index in [0.29, 0.717) is 0 Å². The molecular formula is C45H62O16. The average molecular weight is 859 g/mol. The number of aliphatic hydroxyl groups is 6. The van der Waals surface area contributed by atoms with Crippen molar-refractivity contribution in [2.75, 3.05) is 13.2 Å². The number of carbonyl (C=O) groups excluding carboxylic acids is 2. The second kappa shape index (κ2) is 25.0. The Morgan fingerprint density at radius 1 is 0.820 bits per heavy atom. The van der Waals surface area contributed by atoms with Gasteiger partial charge in [-0.25, -0.2) is 9.59 Å². The second-order valence-electron chi connectivity index (χ2n) is 15.1. The third kappa shape index (κ3) is 13.9. The number of unbranched alkanes of at least 4 members (excludes halogenated alkanes) is 6. The summed E-state index contributed by atoms with van der Waals surface area (Å²) in [5.41, 5.74) is 0.116. The number of benzene rings is 1. The quantitative estimate of drug-likeness (QED) is 0.0360. The average Bonchev–Trinajstić information content (AvgIpc) is 3.60. The van der Waals surface area contributed by atoms with Gasteiger partial charge < -0.3 is 69.3 Å². The maximum absolute atomic E-state index is 13.3. The van der Waals surface area contributed by atoms with E-state index >= 15 is 0 Å². The van der Waals surface area contributed by atoms with Gasteiger partial charge in [0.1, 0.15) is 54.7 Å². The smallest absolute Gasteiger partial charge is 0.331 e. The first-order valence-corrected chi connectivity index (χ1v) is 20.9. The number of allylic oxidation sites excluding steroid dienone is 8. The summed E-state index contributed by atoms with van der Waals surface area (Å²) in [4.78, 5) is 25.7. The zero-order chi connectivity index (χ0) is 44.4. The van der Waals surface area contributed by atoms with Gasteiger partial charge >= 0.3 is 11.9 Å². The van der Waals surface area contributed by atoms with E-state index in [0.717, 1.165) is 69.6 Å². The molecule has 11 atom stereocenters. The molecule has 8 N–H and O–H groups in total. The first-order valence-electron chi connectivity index (χ1n) is 20.9. The maximum Gasteiger partial charge on any atom is 0.331 e. The topological polar surface area (TPSA) is 251 Å². The Kier molecular flexibility index (Phi) is 20.3. The summed E-state index contributed by atoms with van der Waals surface area (Å²) in [5.74, 6) is -4.90. The minimum Gasteiger partial charge on any atom is -0.508 e. The molecule has 0 aliphatic carbocycles. The molecule has 1 aromatic rings. The molecule has 4 rings (SSSR count). The molecule has 3 aliphatic rings. The lowest BCUT2D eigenvalue weighted by atomic mass is 9.86. The van der Waals surface area contributed by atoms with Crippen LogP contribution in [0.25, 0.3) is 0 Å². The van der Waals surface area contributed by atoms with Crippen molar-refractivity contribution in [1.82, 2.24) is 0 Å². The number of phenols is 2. The van der Waals surface area contributed by atoms with Crippen LogP contribution in [0.3, 0.4) is 0 Å². The van der Waals surface area contributed by atoms with Crippen LogP contribution in [0.2, 0.25) is 0 Å². The van der Waals surface area contributed by atoms with Crippen molar-refractivity contribution >= 4 is 11.9 Å². The number of hydrogen-bond acceptors (Lipinski definition) is 16. The van der Waals surface area contributed by atoms with Crippen molar-refractivity contribution < 1.29 is 78.9 Å². The van der Waals surface area contributed by atoms with Crippen LogP contribution >= 0.6 is 0 Å². The van der Waals surface area contributed by atoms with Crippen LogP contribution < -0.4 is 0 Å². The first-order chi connectivity index (χ1) is 29.4. The Morgan fingerprint density at radius 2 is 1.48 bits per heavy atom. The predicted octanol–water partition coefficient (Wildman–Crippen LogP) is 3.43. The maximum atomic E-state index is 13.3. The minimum absolute atomic E-state index is 0.107. The summed E-state index contributed by atoms with van der Waals surface area (Å²) in [6.45, 7) is 2.50. The van der Waals surface area contributed by atoms with E-state index in [4.69, 9.17) is 28.4 Å². The Labute approximate surface area is 356 Å². The molecule has 0 saturated carbocycles. The highest BCUT2D eigenvalue weighted by molar-refractivity contribution is 5.82. The number of esters is 2. The van der Waals surface area contributed by atoms with Crippen molar-refractivity contribution in [2.45, 2.75) is 145 Å². The van der Waals surface area contributed by atoms with Crippen LogP contribution in [0.1, 0.15) is 82.8 Å². The molecule has 0 bridgehead atoms. The van der Waals surface area contributed by atoms with Gasteiger partial charge in [0.05, 0.1) is 24.9 Å². The van der Waals surface area contributed by atoms with E-state index in [1.807, 2.05) is 18.2 Å². The van der Waals surface area contributed by atoms with E-state index in [-0.39, 0.29) is 29.9 Å². The zero-order valence-corrected chi connectivity index (χ0v) is 34.7. The largest absolute Gasteiger partial charge is 0.508 e. The lowest BCUT2D eigenvalue weighted by molar-refractivity contribution is -0.395. The molecule has 3 aliphatic heterocycles. The van der Waals surface area contributed by atoms with Crippen LogP contribution in [-0.2, 0) is 50.4 Å². The fourth-order valence-electron chi connectivity index (χ4n) is 7.09. The minimum atomic E-state index is -2.26. The molecule has 0 amide bonds. The fraction of sp³-hybridized carbons (Fsp3) is 0.556. The number of phenolic OH excluding ortho intramolecular Hbond substituents is 2. The molecule has 16 nitrogen and oxygen atoms in total. The van der Waals surface area contributed by atoms with Gasteiger partial charge in [-0.05, 0) is 43.7 Å². The molecule has 1 aromatic carbocycles. The van der Waals surface area contributed by atoms with Crippen molar-refractivity contribution in [3.63, 3.8) is 0 Å². The normalized spacial score (nSPS) is 29.9. The molecule has 0 aromatic heterocycles. The van der Waals surface area contributed by atoms with Crippen LogP contribution in [0, 0.1) is 0 Å². The lowest BCUT2D eigenvalue weighted by Gasteiger charge is -2.50. The Hall–Kier alpha value is -4.20. The van der Waals surface area contributed by atoms with E-state index in [9.17, 15) is 50.4 Å². The van der Waals surface area contributed by atoms with Crippen LogP contribution in [0.5, 0.6) is 11.5 Å². The number of rotatable bonds is 22. The number of hydrogen-bond donors (Lipinski definition) is 8. The number of aliphatic hydroxyl groups excluding tert-OH is 6. The van der Waals surface area contributed by atoms with Crippen molar-refractivity contribution in [3.05, 3.63) is 96.2 Å². The van der Waals surface area contributed by atoms with Gasteiger partial charge in [0, 0.05) is 18.2 Å². The Balaban J connectivity index is 1.50. The number of carbonyl (C=O) groups is 2. The van der Waals surface area contributed by atoms with Gasteiger partial charge in [0.25, 0.3) is 0 Å². The van der Waals surface area contributed by atoms with Gasteiger partial charge in [0.15, 0.2) is 18.5 Å². The number of aromatic hydroxyl groups is 2. The summed E-state index contributed by atoms with van der Waals surface area (Å²) in [6, 6.07) is 2.26. The summed E-state index contributed by atoms with van der Waals surface area (Å²) in [5, 5.41) is 86.2. The highest BCUT2D eigenvalue weighted by Crippen LogP contribution is 2.51. The third-order valence-corrected chi connectivity index (χ3v) is 10.3. The number of ether oxygens (including phenoxy) is 6. The molecule has 2 fully saturated rings. The SMILES string of the molecule is CCCCCC=CC=CC(=O)OCC1OC(OC2C(CO)OC3(OCc4cc(O)cc(O)c43)C(O)C2OC(=O)C=CC=CCC(O)C=CC=CCCCCC)C(O)C(O)C1O. The van der Waals surface area contributed by atoms with Gasteiger partial charge in [-0.1, -0.05) is 100 Å². The molecule has 16 heteroatoms. The Morgan fingerprint density at radius 3 is 2.15 bits per heavy atom. The van der Waals surface area contributed by atoms with Gasteiger partial charge in [-0.15, -0.1) is 0 Å². The first kappa shape index (κ1) is 49.5. The zero-order valence-electron chi connectivity index (χ0n) is 34.7. The fourth-order valence-corrected chi connectivity index (χ4v) is 7.09. The Bertz CT molecular complexity index is 1720. The van der Waals surface area contributed by atoms with Crippen LogP contribution in [0.4, 0.5) is 0 Å². The lowest BCUT2D eigenvalue weighted by Crippen LogP contribution is -2.67. The standard InChI is InChI=1S/C45H62O16/c1-3-5-7-9-11-13-16-20-30(47)21-17-15-19-23-36(51)59-42-41(33(26-46)61-45(43(42)55)37-29(27-57-45)24-31(48)25-32(37)49)60-44-40(54)39(53)38(52)34(58-44)28-56-35(50)22-18-14-12-10-8-6-4-2/h11-20,22-25,30,33-34,38-44,46-49,52-55H,3-10,21,26-28H2,1-2H3. The van der Waals surface area contributed by atoms with E-state index in [2.05, 4.69) is 13.8 Å². The van der Waals surface area contributed by atoms with Gasteiger partial charge in [-0.3, -0.25) is 0 Å². The van der Waals surface area contributed by atoms with Gasteiger partial charge in [0.2, 0.25) is 5.79 Å². The third-order valence-electron chi connectivity index (χ3n) is 10.3. The molecule has 1 spiro atoms. The van der Waals surface area contributed by atoms with Crippen LogP contribution in [0.15, 0.2) is 85.0 Å². The molecule has 3 heterocycles. The highest BCUT2D eigenvalue weighted by atomic mass is 16.8. The van der Waals surface area contributed by atoms with Crippen molar-refractivity contribution in [1.29, 1.82) is 0 Å². The molecule has 0 radical (unpaired) electrons. The summed E-state index contributed by atoms with van der Waals surface area (Å²) in [7, 11) is 0. The molecular weight excluding hydrogens is 796 g/mol. The van der Waals surface area contributed by atoms with Crippen LogP contribution in [-0.4, -0.2) is 127 Å². The summed E-state index contributed by atoms with van der Waals surface area (Å²) < 4.78 is 34.7. The summed E-state index contributed by atoms with van der Waals surface area (Å²) >= 11 is 0.